The Balaban J connectivity index is 1.76. The maximum absolute atomic E-state index is 5.85. The summed E-state index contributed by atoms with van der Waals surface area (Å²) in [6.07, 6.45) is 2.57. The Bertz CT molecular complexity index is 507. The number of anilines is 1. The van der Waals surface area contributed by atoms with E-state index >= 15 is 0 Å². The maximum Gasteiger partial charge on any atom is 0.0360 e. The van der Waals surface area contributed by atoms with Crippen molar-refractivity contribution in [2.75, 3.05) is 12.3 Å². The topological polar surface area (TPSA) is 29.3 Å². The lowest BCUT2D eigenvalue weighted by atomic mass is 10.1. The van der Waals surface area contributed by atoms with Crippen LogP contribution in [0.25, 0.3) is 0 Å². The first-order valence-electron chi connectivity index (χ1n) is 6.43. The Morgan fingerprint density at radius 3 is 3.06 bits per heavy atom. The summed E-state index contributed by atoms with van der Waals surface area (Å²) in [5.41, 5.74) is 9.50. The fourth-order valence-electron chi connectivity index (χ4n) is 2.78. The largest absolute Gasteiger partial charge is 0.399 e. The Morgan fingerprint density at radius 1 is 1.33 bits per heavy atom. The summed E-state index contributed by atoms with van der Waals surface area (Å²) in [6, 6.07) is 11.1. The molecule has 3 heteroatoms. The number of likely N-dealkylation sites (tertiary alicyclic amines) is 1. The van der Waals surface area contributed by atoms with Gasteiger partial charge >= 0.3 is 0 Å². The van der Waals surface area contributed by atoms with Crippen LogP contribution in [0, 0.1) is 0 Å². The molecule has 18 heavy (non-hydrogen) atoms. The molecule has 1 aromatic carbocycles. The SMILES string of the molecule is Nc1cccc(CN2CCCC2c2ccsc2)c1. The van der Waals surface area contributed by atoms with E-state index in [1.54, 1.807) is 11.3 Å². The Hall–Kier alpha value is -1.32. The summed E-state index contributed by atoms with van der Waals surface area (Å²) in [6.45, 7) is 2.20. The lowest BCUT2D eigenvalue weighted by molar-refractivity contribution is 0.249. The van der Waals surface area contributed by atoms with Gasteiger partial charge in [-0.25, -0.2) is 0 Å². The van der Waals surface area contributed by atoms with Crippen molar-refractivity contribution in [3.05, 3.63) is 52.2 Å². The third kappa shape index (κ3) is 2.42. The van der Waals surface area contributed by atoms with Crippen molar-refractivity contribution in [1.82, 2.24) is 4.90 Å². The number of nitrogens with zero attached hydrogens (tertiary/aromatic N) is 1. The summed E-state index contributed by atoms with van der Waals surface area (Å²) in [4.78, 5) is 2.57. The highest BCUT2D eigenvalue weighted by Crippen LogP contribution is 2.34. The Kier molecular flexibility index (Phi) is 3.35. The second kappa shape index (κ2) is 5.12. The van der Waals surface area contributed by atoms with Gasteiger partial charge in [0.2, 0.25) is 0 Å². The molecule has 2 N–H and O–H groups in total. The van der Waals surface area contributed by atoms with Crippen molar-refractivity contribution in [1.29, 1.82) is 0 Å². The van der Waals surface area contributed by atoms with Crippen LogP contribution in [0.3, 0.4) is 0 Å². The molecule has 1 unspecified atom stereocenters. The zero-order valence-electron chi connectivity index (χ0n) is 10.4. The second-order valence-electron chi connectivity index (χ2n) is 4.93. The van der Waals surface area contributed by atoms with Crippen LogP contribution in [0.4, 0.5) is 5.69 Å². The summed E-state index contributed by atoms with van der Waals surface area (Å²) in [7, 11) is 0. The molecule has 2 heterocycles. The fourth-order valence-corrected chi connectivity index (χ4v) is 3.49. The molecule has 0 saturated carbocycles. The van der Waals surface area contributed by atoms with E-state index in [2.05, 4.69) is 33.9 Å². The van der Waals surface area contributed by atoms with Crippen LogP contribution in [0.5, 0.6) is 0 Å². The van der Waals surface area contributed by atoms with Crippen molar-refractivity contribution in [2.45, 2.75) is 25.4 Å². The van der Waals surface area contributed by atoms with Crippen molar-refractivity contribution < 1.29 is 0 Å². The number of hydrogen-bond acceptors (Lipinski definition) is 3. The van der Waals surface area contributed by atoms with E-state index in [1.165, 1.54) is 30.5 Å². The molecule has 0 aliphatic carbocycles. The van der Waals surface area contributed by atoms with Crippen LogP contribution >= 0.6 is 11.3 Å². The maximum atomic E-state index is 5.85. The van der Waals surface area contributed by atoms with Gasteiger partial charge in [0, 0.05) is 18.3 Å². The second-order valence-corrected chi connectivity index (χ2v) is 5.71. The van der Waals surface area contributed by atoms with Crippen molar-refractivity contribution in [3.8, 4) is 0 Å². The minimum Gasteiger partial charge on any atom is -0.399 e. The molecule has 1 saturated heterocycles. The summed E-state index contributed by atoms with van der Waals surface area (Å²) < 4.78 is 0. The molecule has 94 valence electrons. The molecule has 2 aromatic rings. The molecule has 1 aromatic heterocycles. The monoisotopic (exact) mass is 258 g/mol. The third-order valence-corrected chi connectivity index (χ3v) is 4.33. The van der Waals surface area contributed by atoms with Gasteiger partial charge in [0.1, 0.15) is 0 Å². The predicted molar refractivity (Wildman–Crippen MR) is 77.6 cm³/mol. The molecule has 0 spiro atoms. The quantitative estimate of drug-likeness (QED) is 0.851. The number of rotatable bonds is 3. The van der Waals surface area contributed by atoms with Gasteiger partial charge in [0.15, 0.2) is 0 Å². The van der Waals surface area contributed by atoms with Crippen molar-refractivity contribution in [3.63, 3.8) is 0 Å². The highest BCUT2D eigenvalue weighted by atomic mass is 32.1. The normalized spacial score (nSPS) is 20.3. The van der Waals surface area contributed by atoms with E-state index in [0.717, 1.165) is 12.2 Å². The van der Waals surface area contributed by atoms with E-state index in [4.69, 9.17) is 5.73 Å². The molecule has 0 amide bonds. The fraction of sp³-hybridized carbons (Fsp3) is 0.333. The Labute approximate surface area is 112 Å². The lowest BCUT2D eigenvalue weighted by Gasteiger charge is -2.24. The molecule has 1 aliphatic rings. The van der Waals surface area contributed by atoms with E-state index in [9.17, 15) is 0 Å². The lowest BCUT2D eigenvalue weighted by Crippen LogP contribution is -2.22. The number of nitrogens with two attached hydrogens (primary N) is 1. The van der Waals surface area contributed by atoms with Gasteiger partial charge in [-0.2, -0.15) is 11.3 Å². The van der Waals surface area contributed by atoms with Crippen LogP contribution in [0.2, 0.25) is 0 Å². The molecule has 1 atom stereocenters. The van der Waals surface area contributed by atoms with E-state index in [-0.39, 0.29) is 0 Å². The minimum absolute atomic E-state index is 0.595. The molecular weight excluding hydrogens is 240 g/mol. The molecule has 0 bridgehead atoms. The zero-order valence-corrected chi connectivity index (χ0v) is 11.2. The van der Waals surface area contributed by atoms with Crippen LogP contribution in [0.15, 0.2) is 41.1 Å². The summed E-state index contributed by atoms with van der Waals surface area (Å²) in [5, 5.41) is 4.45. The highest BCUT2D eigenvalue weighted by Gasteiger charge is 2.25. The van der Waals surface area contributed by atoms with Crippen LogP contribution in [-0.2, 0) is 6.54 Å². The van der Waals surface area contributed by atoms with Crippen molar-refractivity contribution >= 4 is 17.0 Å². The van der Waals surface area contributed by atoms with E-state index in [1.807, 2.05) is 12.1 Å². The van der Waals surface area contributed by atoms with E-state index in [0.29, 0.717) is 6.04 Å². The van der Waals surface area contributed by atoms with E-state index < -0.39 is 0 Å². The first kappa shape index (κ1) is 11.8. The number of benzene rings is 1. The van der Waals surface area contributed by atoms with Crippen LogP contribution in [0.1, 0.15) is 30.0 Å². The number of nitrogen functional groups attached to an aromatic ring is 1. The molecular formula is C15H18N2S. The summed E-state index contributed by atoms with van der Waals surface area (Å²) in [5.74, 6) is 0. The van der Waals surface area contributed by atoms with Gasteiger partial charge in [-0.15, -0.1) is 0 Å². The number of thiophene rings is 1. The van der Waals surface area contributed by atoms with Gasteiger partial charge in [-0.05, 0) is 59.5 Å². The first-order chi connectivity index (χ1) is 8.83. The molecule has 1 aliphatic heterocycles. The third-order valence-electron chi connectivity index (χ3n) is 3.63. The standard InChI is InChI=1S/C15H18N2S/c16-14-4-1-3-12(9-14)10-17-7-2-5-15(17)13-6-8-18-11-13/h1,3-4,6,8-9,11,15H,2,5,7,10,16H2. The zero-order chi connectivity index (χ0) is 12.4. The predicted octanol–water partition coefficient (Wildman–Crippen LogP) is 3.67. The smallest absolute Gasteiger partial charge is 0.0360 e. The highest BCUT2D eigenvalue weighted by molar-refractivity contribution is 7.07. The first-order valence-corrected chi connectivity index (χ1v) is 7.38. The average Bonchev–Trinajstić information content (AvgIpc) is 2.98. The van der Waals surface area contributed by atoms with Gasteiger partial charge in [0.25, 0.3) is 0 Å². The van der Waals surface area contributed by atoms with Crippen LogP contribution < -0.4 is 5.73 Å². The molecule has 1 fully saturated rings. The van der Waals surface area contributed by atoms with Gasteiger partial charge in [-0.1, -0.05) is 12.1 Å². The van der Waals surface area contributed by atoms with Crippen LogP contribution in [-0.4, -0.2) is 11.4 Å². The minimum atomic E-state index is 0.595. The molecule has 2 nitrogen and oxygen atoms in total. The molecule has 0 radical (unpaired) electrons. The van der Waals surface area contributed by atoms with Gasteiger partial charge < -0.3 is 5.73 Å². The van der Waals surface area contributed by atoms with Gasteiger partial charge in [0.05, 0.1) is 0 Å². The average molecular weight is 258 g/mol. The van der Waals surface area contributed by atoms with Gasteiger partial charge in [-0.3, -0.25) is 4.90 Å². The Morgan fingerprint density at radius 2 is 2.28 bits per heavy atom. The molecule has 3 rings (SSSR count). The van der Waals surface area contributed by atoms with Crippen molar-refractivity contribution in [2.24, 2.45) is 0 Å². The number of hydrogen-bond donors (Lipinski definition) is 1. The summed E-state index contributed by atoms with van der Waals surface area (Å²) >= 11 is 1.79.